The number of benzene rings is 3. The second-order valence-corrected chi connectivity index (χ2v) is 7.47. The summed E-state index contributed by atoms with van der Waals surface area (Å²) < 4.78 is 21.7. The second-order valence-electron chi connectivity index (χ2n) is 7.47. The lowest BCUT2D eigenvalue weighted by molar-refractivity contribution is -0.118. The summed E-state index contributed by atoms with van der Waals surface area (Å²) in [6, 6.07) is 21.2. The molecule has 1 aromatic heterocycles. The van der Waals surface area contributed by atoms with Crippen LogP contribution in [-0.4, -0.2) is 37.7 Å². The zero-order chi connectivity index (χ0) is 24.6. The predicted molar refractivity (Wildman–Crippen MR) is 131 cm³/mol. The van der Waals surface area contributed by atoms with E-state index >= 15 is 0 Å². The van der Waals surface area contributed by atoms with Crippen LogP contribution in [-0.2, 0) is 16.1 Å². The number of para-hydroxylation sites is 3. The van der Waals surface area contributed by atoms with Crippen molar-refractivity contribution in [1.29, 1.82) is 0 Å². The van der Waals surface area contributed by atoms with Crippen LogP contribution in [0.3, 0.4) is 0 Å². The van der Waals surface area contributed by atoms with E-state index < -0.39 is 5.97 Å². The number of nitrogens with zero attached hydrogens (tertiary/aromatic N) is 1. The minimum absolute atomic E-state index is 0.0802. The van der Waals surface area contributed by atoms with Gasteiger partial charge in [-0.2, -0.15) is 0 Å². The molecule has 35 heavy (non-hydrogen) atoms. The highest BCUT2D eigenvalue weighted by Crippen LogP contribution is 2.29. The molecule has 0 saturated carbocycles. The molecule has 0 bridgehead atoms. The van der Waals surface area contributed by atoms with Crippen molar-refractivity contribution in [2.45, 2.75) is 6.61 Å². The third-order valence-electron chi connectivity index (χ3n) is 5.21. The predicted octanol–water partition coefficient (Wildman–Crippen LogP) is 4.63. The summed E-state index contributed by atoms with van der Waals surface area (Å²) in [5.41, 5.74) is 2.43. The van der Waals surface area contributed by atoms with Crippen LogP contribution < -0.4 is 19.5 Å². The van der Waals surface area contributed by atoms with Crippen molar-refractivity contribution in [3.05, 3.63) is 90.1 Å². The number of hydrogen-bond donors (Lipinski definition) is 1. The van der Waals surface area contributed by atoms with Crippen LogP contribution in [0.1, 0.15) is 15.9 Å². The Kier molecular flexibility index (Phi) is 7.42. The number of esters is 1. The van der Waals surface area contributed by atoms with Crippen LogP contribution in [0, 0.1) is 0 Å². The monoisotopic (exact) mass is 472 g/mol. The number of carbonyl (C=O) groups is 2. The van der Waals surface area contributed by atoms with Crippen molar-refractivity contribution < 1.29 is 28.5 Å². The maximum absolute atomic E-state index is 12.6. The summed E-state index contributed by atoms with van der Waals surface area (Å²) in [5.74, 6) is 0.273. The van der Waals surface area contributed by atoms with Gasteiger partial charge in [-0.3, -0.25) is 9.78 Å². The minimum Gasteiger partial charge on any atom is -0.495 e. The first-order valence-electron chi connectivity index (χ1n) is 10.8. The maximum atomic E-state index is 12.6. The molecule has 0 spiro atoms. The fraction of sp³-hybridized carbons (Fsp3) is 0.148. The number of carbonyl (C=O) groups excluding carboxylic acids is 2. The number of methoxy groups -OCH3 is 2. The first-order chi connectivity index (χ1) is 17.1. The molecule has 8 nitrogen and oxygen atoms in total. The average molecular weight is 472 g/mol. The minimum atomic E-state index is -0.517. The molecule has 0 aliphatic carbocycles. The quantitative estimate of drug-likeness (QED) is 0.355. The van der Waals surface area contributed by atoms with E-state index in [1.54, 1.807) is 42.6 Å². The fourth-order valence-electron chi connectivity index (χ4n) is 3.50. The van der Waals surface area contributed by atoms with Crippen molar-refractivity contribution in [2.24, 2.45) is 0 Å². The molecule has 1 heterocycles. The molecule has 3 aromatic carbocycles. The van der Waals surface area contributed by atoms with Crippen molar-refractivity contribution in [3.63, 3.8) is 0 Å². The molecule has 178 valence electrons. The number of rotatable bonds is 9. The van der Waals surface area contributed by atoms with E-state index in [4.69, 9.17) is 18.9 Å². The van der Waals surface area contributed by atoms with Crippen LogP contribution >= 0.6 is 0 Å². The SMILES string of the molecule is COc1ccccc1NC(=O)COc1ccc(C(=O)OCc2cccc3cccnc23)cc1OC. The van der Waals surface area contributed by atoms with Gasteiger partial charge in [0.15, 0.2) is 18.1 Å². The molecule has 0 aliphatic rings. The average Bonchev–Trinajstić information content (AvgIpc) is 2.90. The Morgan fingerprint density at radius 1 is 0.857 bits per heavy atom. The molecule has 1 N–H and O–H groups in total. The fourth-order valence-corrected chi connectivity index (χ4v) is 3.50. The van der Waals surface area contributed by atoms with Crippen LogP contribution in [0.25, 0.3) is 10.9 Å². The molecule has 4 aromatic rings. The van der Waals surface area contributed by atoms with E-state index in [9.17, 15) is 9.59 Å². The molecule has 0 radical (unpaired) electrons. The third kappa shape index (κ3) is 5.67. The molecule has 1 amide bonds. The molecule has 8 heteroatoms. The summed E-state index contributed by atoms with van der Waals surface area (Å²) in [7, 11) is 2.98. The Hall–Kier alpha value is -4.59. The summed E-state index contributed by atoms with van der Waals surface area (Å²) in [4.78, 5) is 29.4. The highest BCUT2D eigenvalue weighted by atomic mass is 16.5. The van der Waals surface area contributed by atoms with Crippen LogP contribution in [0.15, 0.2) is 79.0 Å². The molecular weight excluding hydrogens is 448 g/mol. The van der Waals surface area contributed by atoms with Gasteiger partial charge in [-0.05, 0) is 36.4 Å². The van der Waals surface area contributed by atoms with Gasteiger partial charge >= 0.3 is 5.97 Å². The number of pyridine rings is 1. The Morgan fingerprint density at radius 3 is 2.49 bits per heavy atom. The van der Waals surface area contributed by atoms with Gasteiger partial charge in [-0.1, -0.05) is 36.4 Å². The summed E-state index contributed by atoms with van der Waals surface area (Å²) in [5, 5.41) is 3.71. The van der Waals surface area contributed by atoms with Crippen molar-refractivity contribution >= 4 is 28.5 Å². The zero-order valence-corrected chi connectivity index (χ0v) is 19.3. The normalized spacial score (nSPS) is 10.5. The topological polar surface area (TPSA) is 96.0 Å². The lowest BCUT2D eigenvalue weighted by Gasteiger charge is -2.13. The largest absolute Gasteiger partial charge is 0.495 e. The molecule has 0 aliphatic heterocycles. The molecule has 0 fully saturated rings. The lowest BCUT2D eigenvalue weighted by Crippen LogP contribution is -2.20. The number of hydrogen-bond acceptors (Lipinski definition) is 7. The van der Waals surface area contributed by atoms with Gasteiger partial charge in [0.05, 0.1) is 31.0 Å². The number of nitrogens with one attached hydrogen (secondary N) is 1. The maximum Gasteiger partial charge on any atom is 0.338 e. The Labute approximate surface area is 202 Å². The standard InChI is InChI=1S/C27H24N2O6/c1-32-22-11-4-3-10-21(22)29-25(30)17-34-23-13-12-19(15-24(23)33-2)27(31)35-16-20-8-5-7-18-9-6-14-28-26(18)20/h3-15H,16-17H2,1-2H3,(H,29,30). The Bertz CT molecular complexity index is 1350. The molecule has 0 unspecified atom stereocenters. The zero-order valence-electron chi connectivity index (χ0n) is 19.3. The van der Waals surface area contributed by atoms with Gasteiger partial charge in [0.1, 0.15) is 12.4 Å². The number of ether oxygens (including phenoxy) is 4. The molecule has 4 rings (SSSR count). The highest BCUT2D eigenvalue weighted by molar-refractivity contribution is 5.93. The van der Waals surface area contributed by atoms with Gasteiger partial charge in [-0.25, -0.2) is 4.79 Å². The summed E-state index contributed by atoms with van der Waals surface area (Å²) in [6.07, 6.45) is 1.70. The van der Waals surface area contributed by atoms with Crippen LogP contribution in [0.4, 0.5) is 5.69 Å². The van der Waals surface area contributed by atoms with Gasteiger partial charge in [-0.15, -0.1) is 0 Å². The van der Waals surface area contributed by atoms with Gasteiger partial charge < -0.3 is 24.3 Å². The Balaban J connectivity index is 1.38. The Morgan fingerprint density at radius 2 is 1.66 bits per heavy atom. The number of fused-ring (bicyclic) bond motifs is 1. The van der Waals surface area contributed by atoms with E-state index in [0.29, 0.717) is 28.5 Å². The van der Waals surface area contributed by atoms with E-state index in [-0.39, 0.29) is 19.1 Å². The second kappa shape index (κ2) is 11.0. The van der Waals surface area contributed by atoms with Crippen LogP contribution in [0.5, 0.6) is 17.2 Å². The van der Waals surface area contributed by atoms with Gasteiger partial charge in [0.2, 0.25) is 0 Å². The first kappa shape index (κ1) is 23.6. The molecule has 0 atom stereocenters. The van der Waals surface area contributed by atoms with Crippen molar-refractivity contribution in [2.75, 3.05) is 26.1 Å². The first-order valence-corrected chi connectivity index (χ1v) is 10.8. The van der Waals surface area contributed by atoms with Crippen molar-refractivity contribution in [1.82, 2.24) is 4.98 Å². The van der Waals surface area contributed by atoms with E-state index in [1.165, 1.54) is 20.3 Å². The lowest BCUT2D eigenvalue weighted by atomic mass is 10.1. The molecular formula is C27H24N2O6. The number of anilines is 1. The van der Waals surface area contributed by atoms with Crippen molar-refractivity contribution in [3.8, 4) is 17.2 Å². The van der Waals surface area contributed by atoms with E-state index in [2.05, 4.69) is 10.3 Å². The summed E-state index contributed by atoms with van der Waals surface area (Å²) >= 11 is 0. The highest BCUT2D eigenvalue weighted by Gasteiger charge is 2.15. The summed E-state index contributed by atoms with van der Waals surface area (Å²) in [6.45, 7) is -0.177. The van der Waals surface area contributed by atoms with E-state index in [0.717, 1.165) is 16.5 Å². The van der Waals surface area contributed by atoms with E-state index in [1.807, 2.05) is 30.3 Å². The smallest absolute Gasteiger partial charge is 0.338 e. The van der Waals surface area contributed by atoms with Gasteiger partial charge in [0.25, 0.3) is 5.91 Å². The molecule has 0 saturated heterocycles. The number of aromatic nitrogens is 1. The third-order valence-corrected chi connectivity index (χ3v) is 5.21. The van der Waals surface area contributed by atoms with Crippen LogP contribution in [0.2, 0.25) is 0 Å². The van der Waals surface area contributed by atoms with Gasteiger partial charge in [0, 0.05) is 17.1 Å². The number of amides is 1.